The summed E-state index contributed by atoms with van der Waals surface area (Å²) in [6.07, 6.45) is 4.77. The second kappa shape index (κ2) is 6.31. The molecule has 26 heavy (non-hydrogen) atoms. The minimum atomic E-state index is 0.359. The molecule has 0 aliphatic carbocycles. The summed E-state index contributed by atoms with van der Waals surface area (Å²) < 4.78 is 1.69. The standard InChI is InChI=1S/C17H11ClN8/c18-12-3-10(6-19)1-2-13(12)26-14-4-16(21-7-11(14)8-24-26)25-17-5-15(20)22-9-23-17/h1-5,7-9H,(H3,20,21,22,23,25). The number of hydrogen-bond donors (Lipinski definition) is 2. The minimum Gasteiger partial charge on any atom is -0.384 e. The molecule has 9 heteroatoms. The molecular weight excluding hydrogens is 352 g/mol. The Kier molecular flexibility index (Phi) is 3.84. The summed E-state index contributed by atoms with van der Waals surface area (Å²) in [6, 6.07) is 10.6. The number of nitrogen functional groups attached to an aromatic ring is 1. The summed E-state index contributed by atoms with van der Waals surface area (Å²) in [5.41, 5.74) is 7.62. The number of nitrogens with one attached hydrogen (secondary N) is 1. The zero-order chi connectivity index (χ0) is 18.1. The average Bonchev–Trinajstić information content (AvgIpc) is 3.04. The predicted octanol–water partition coefficient (Wildman–Crippen LogP) is 3.06. The molecule has 0 saturated carbocycles. The molecule has 3 heterocycles. The predicted molar refractivity (Wildman–Crippen MR) is 98.3 cm³/mol. The van der Waals surface area contributed by atoms with E-state index in [0.717, 1.165) is 10.9 Å². The fraction of sp³-hybridized carbons (Fsp3) is 0. The molecule has 0 radical (unpaired) electrons. The summed E-state index contributed by atoms with van der Waals surface area (Å²) >= 11 is 6.31. The summed E-state index contributed by atoms with van der Waals surface area (Å²) in [4.78, 5) is 12.3. The van der Waals surface area contributed by atoms with Crippen LogP contribution in [-0.4, -0.2) is 24.7 Å². The molecule has 1 aromatic carbocycles. The van der Waals surface area contributed by atoms with Gasteiger partial charge in [0.25, 0.3) is 0 Å². The Balaban J connectivity index is 1.77. The fourth-order valence-electron chi connectivity index (χ4n) is 2.50. The lowest BCUT2D eigenvalue weighted by Crippen LogP contribution is -2.00. The molecule has 4 rings (SSSR count). The van der Waals surface area contributed by atoms with Gasteiger partial charge in [-0.25, -0.2) is 19.6 Å². The van der Waals surface area contributed by atoms with Gasteiger partial charge in [-0.2, -0.15) is 10.4 Å². The van der Waals surface area contributed by atoms with E-state index >= 15 is 0 Å². The van der Waals surface area contributed by atoms with Crippen molar-refractivity contribution in [3.63, 3.8) is 0 Å². The number of rotatable bonds is 3. The van der Waals surface area contributed by atoms with Crippen molar-refractivity contribution in [3.8, 4) is 11.8 Å². The molecule has 0 unspecified atom stereocenters. The highest BCUT2D eigenvalue weighted by atomic mass is 35.5. The Morgan fingerprint density at radius 2 is 1.92 bits per heavy atom. The van der Waals surface area contributed by atoms with Gasteiger partial charge in [-0.1, -0.05) is 11.6 Å². The molecule has 0 atom stereocenters. The van der Waals surface area contributed by atoms with Crippen LogP contribution in [0.1, 0.15) is 5.56 Å². The van der Waals surface area contributed by atoms with Crippen LogP contribution in [0.2, 0.25) is 5.02 Å². The molecule has 4 aromatic rings. The van der Waals surface area contributed by atoms with Crippen molar-refractivity contribution in [1.82, 2.24) is 24.7 Å². The summed E-state index contributed by atoms with van der Waals surface area (Å²) in [7, 11) is 0. The first-order valence-corrected chi connectivity index (χ1v) is 7.90. The van der Waals surface area contributed by atoms with Crippen LogP contribution in [0.25, 0.3) is 16.6 Å². The van der Waals surface area contributed by atoms with Crippen molar-refractivity contribution in [2.24, 2.45) is 0 Å². The molecule has 0 aliphatic rings. The monoisotopic (exact) mass is 362 g/mol. The topological polar surface area (TPSA) is 118 Å². The van der Waals surface area contributed by atoms with Crippen molar-refractivity contribution in [2.75, 3.05) is 11.1 Å². The number of benzene rings is 1. The van der Waals surface area contributed by atoms with Gasteiger partial charge in [-0.05, 0) is 18.2 Å². The van der Waals surface area contributed by atoms with E-state index < -0.39 is 0 Å². The van der Waals surface area contributed by atoms with Gasteiger partial charge in [0.1, 0.15) is 23.8 Å². The molecule has 0 spiro atoms. The van der Waals surface area contributed by atoms with Crippen LogP contribution in [0.5, 0.6) is 0 Å². The van der Waals surface area contributed by atoms with Gasteiger partial charge < -0.3 is 11.1 Å². The second-order valence-corrected chi connectivity index (χ2v) is 5.82. The Bertz CT molecular complexity index is 1160. The highest BCUT2D eigenvalue weighted by Gasteiger charge is 2.11. The SMILES string of the molecule is N#Cc1ccc(-n2ncc3cnc(Nc4cc(N)ncn4)cc32)c(Cl)c1. The maximum atomic E-state index is 8.98. The largest absolute Gasteiger partial charge is 0.384 e. The number of halogens is 1. The van der Waals surface area contributed by atoms with E-state index in [9.17, 15) is 0 Å². The van der Waals surface area contributed by atoms with E-state index in [4.69, 9.17) is 22.6 Å². The van der Waals surface area contributed by atoms with E-state index in [-0.39, 0.29) is 0 Å². The van der Waals surface area contributed by atoms with Crippen LogP contribution in [0, 0.1) is 11.3 Å². The first kappa shape index (κ1) is 15.8. The molecule has 0 bridgehead atoms. The Labute approximate surface area is 152 Å². The average molecular weight is 363 g/mol. The van der Waals surface area contributed by atoms with E-state index in [0.29, 0.717) is 33.7 Å². The Morgan fingerprint density at radius 3 is 2.69 bits per heavy atom. The lowest BCUT2D eigenvalue weighted by atomic mass is 10.2. The molecule has 0 saturated heterocycles. The third kappa shape index (κ3) is 2.87. The van der Waals surface area contributed by atoms with Crippen LogP contribution in [0.3, 0.4) is 0 Å². The maximum Gasteiger partial charge on any atom is 0.137 e. The zero-order valence-electron chi connectivity index (χ0n) is 13.3. The molecule has 3 aromatic heterocycles. The minimum absolute atomic E-state index is 0.359. The molecule has 126 valence electrons. The Hall–Kier alpha value is -3.70. The highest BCUT2D eigenvalue weighted by Crippen LogP contribution is 2.26. The third-order valence-electron chi connectivity index (χ3n) is 3.70. The maximum absolute atomic E-state index is 8.98. The van der Waals surface area contributed by atoms with Crippen LogP contribution in [0.15, 0.2) is 49.1 Å². The molecule has 8 nitrogen and oxygen atoms in total. The number of anilines is 3. The van der Waals surface area contributed by atoms with Crippen LogP contribution < -0.4 is 11.1 Å². The molecule has 3 N–H and O–H groups in total. The summed E-state index contributed by atoms with van der Waals surface area (Å²) in [6.45, 7) is 0. The highest BCUT2D eigenvalue weighted by molar-refractivity contribution is 6.32. The molecule has 0 aliphatic heterocycles. The molecular formula is C17H11ClN8. The second-order valence-electron chi connectivity index (χ2n) is 5.42. The summed E-state index contributed by atoms with van der Waals surface area (Å²) in [5, 5.41) is 17.7. The van der Waals surface area contributed by atoms with Gasteiger partial charge in [0, 0.05) is 23.7 Å². The van der Waals surface area contributed by atoms with Crippen LogP contribution >= 0.6 is 11.6 Å². The van der Waals surface area contributed by atoms with E-state index in [1.54, 1.807) is 41.3 Å². The van der Waals surface area contributed by atoms with E-state index in [1.165, 1.54) is 6.33 Å². The molecule has 0 fully saturated rings. The van der Waals surface area contributed by atoms with Crippen molar-refractivity contribution in [2.45, 2.75) is 0 Å². The van der Waals surface area contributed by atoms with Gasteiger partial charge in [-0.3, -0.25) is 0 Å². The van der Waals surface area contributed by atoms with Crippen molar-refractivity contribution in [1.29, 1.82) is 5.26 Å². The number of aromatic nitrogens is 5. The van der Waals surface area contributed by atoms with E-state index in [1.807, 2.05) is 6.07 Å². The number of hydrogen-bond acceptors (Lipinski definition) is 7. The van der Waals surface area contributed by atoms with E-state index in [2.05, 4.69) is 31.4 Å². The van der Waals surface area contributed by atoms with Gasteiger partial charge in [0.2, 0.25) is 0 Å². The van der Waals surface area contributed by atoms with Gasteiger partial charge >= 0.3 is 0 Å². The smallest absolute Gasteiger partial charge is 0.137 e. The number of nitrogens with two attached hydrogens (primary N) is 1. The quantitative estimate of drug-likeness (QED) is 0.574. The Morgan fingerprint density at radius 1 is 1.08 bits per heavy atom. The lowest BCUT2D eigenvalue weighted by molar-refractivity contribution is 0.910. The normalized spacial score (nSPS) is 10.6. The van der Waals surface area contributed by atoms with Gasteiger partial charge in [-0.15, -0.1) is 0 Å². The third-order valence-corrected chi connectivity index (χ3v) is 4.00. The van der Waals surface area contributed by atoms with Gasteiger partial charge in [0.15, 0.2) is 0 Å². The number of nitriles is 1. The first-order valence-electron chi connectivity index (χ1n) is 7.52. The van der Waals surface area contributed by atoms with Crippen LogP contribution in [0.4, 0.5) is 17.5 Å². The number of nitrogens with zero attached hydrogens (tertiary/aromatic N) is 6. The zero-order valence-corrected chi connectivity index (χ0v) is 14.0. The van der Waals surface area contributed by atoms with Crippen LogP contribution in [-0.2, 0) is 0 Å². The first-order chi connectivity index (χ1) is 12.6. The lowest BCUT2D eigenvalue weighted by Gasteiger charge is -2.08. The number of fused-ring (bicyclic) bond motifs is 1. The van der Waals surface area contributed by atoms with Gasteiger partial charge in [0.05, 0.1) is 34.1 Å². The van der Waals surface area contributed by atoms with Crippen molar-refractivity contribution in [3.05, 3.63) is 59.6 Å². The van der Waals surface area contributed by atoms with Crippen molar-refractivity contribution >= 4 is 40.0 Å². The summed E-state index contributed by atoms with van der Waals surface area (Å²) in [5.74, 6) is 1.46. The van der Waals surface area contributed by atoms with Crippen molar-refractivity contribution < 1.29 is 0 Å². The number of pyridine rings is 1. The molecule has 0 amide bonds. The fourth-order valence-corrected chi connectivity index (χ4v) is 2.76.